The molecule has 1 fully saturated rings. The zero-order valence-corrected chi connectivity index (χ0v) is 14.1. The van der Waals surface area contributed by atoms with E-state index in [1.807, 2.05) is 0 Å². The molecule has 1 aliphatic rings. The number of rotatable bonds is 4. The molecule has 1 aliphatic heterocycles. The van der Waals surface area contributed by atoms with Gasteiger partial charge in [-0.15, -0.1) is 0 Å². The summed E-state index contributed by atoms with van der Waals surface area (Å²) in [6, 6.07) is 11.6. The van der Waals surface area contributed by atoms with E-state index in [9.17, 15) is 23.9 Å². The summed E-state index contributed by atoms with van der Waals surface area (Å²) in [6.45, 7) is -0.472. The predicted molar refractivity (Wildman–Crippen MR) is 95.8 cm³/mol. The zero-order valence-electron chi connectivity index (χ0n) is 13.3. The molecule has 0 saturated carbocycles. The number of hydrogen-bond donors (Lipinski definition) is 2. The SMILES string of the molecule is O=C(CN1C(=O)S/C(=C\c2ccc(F)cc2)C1=O)Nc1ccccc1O. The van der Waals surface area contributed by atoms with E-state index < -0.39 is 29.4 Å². The van der Waals surface area contributed by atoms with Crippen LogP contribution in [-0.2, 0) is 9.59 Å². The Bertz CT molecular complexity index is 912. The van der Waals surface area contributed by atoms with Gasteiger partial charge in [0, 0.05) is 0 Å². The Hall–Kier alpha value is -3.13. The van der Waals surface area contributed by atoms with Crippen molar-refractivity contribution in [1.82, 2.24) is 4.90 Å². The molecular formula is C18H13FN2O4S. The highest BCUT2D eigenvalue weighted by Crippen LogP contribution is 2.32. The van der Waals surface area contributed by atoms with Crippen LogP contribution < -0.4 is 5.32 Å². The maximum Gasteiger partial charge on any atom is 0.294 e. The minimum atomic E-state index is -0.614. The van der Waals surface area contributed by atoms with Crippen molar-refractivity contribution in [3.05, 3.63) is 64.8 Å². The number of amides is 3. The van der Waals surface area contributed by atoms with Gasteiger partial charge in [0.2, 0.25) is 5.91 Å². The van der Waals surface area contributed by atoms with E-state index in [0.717, 1.165) is 4.90 Å². The average Bonchev–Trinajstić information content (AvgIpc) is 2.86. The van der Waals surface area contributed by atoms with Gasteiger partial charge in [0.05, 0.1) is 10.6 Å². The number of phenols is 1. The van der Waals surface area contributed by atoms with Gasteiger partial charge in [0.25, 0.3) is 11.1 Å². The van der Waals surface area contributed by atoms with Crippen molar-refractivity contribution in [2.24, 2.45) is 0 Å². The number of anilines is 1. The van der Waals surface area contributed by atoms with Crippen LogP contribution in [0, 0.1) is 5.82 Å². The minimum absolute atomic E-state index is 0.119. The Kier molecular flexibility index (Phi) is 5.04. The summed E-state index contributed by atoms with van der Waals surface area (Å²) in [5.74, 6) is -1.74. The number of thioether (sulfide) groups is 1. The first kappa shape index (κ1) is 17.7. The molecule has 2 aromatic carbocycles. The molecule has 2 N–H and O–H groups in total. The quantitative estimate of drug-likeness (QED) is 0.636. The van der Waals surface area contributed by atoms with Gasteiger partial charge in [0.15, 0.2) is 0 Å². The molecule has 0 bridgehead atoms. The molecule has 0 spiro atoms. The molecule has 3 rings (SSSR count). The first-order chi connectivity index (χ1) is 12.4. The first-order valence-corrected chi connectivity index (χ1v) is 8.34. The number of imide groups is 1. The molecule has 0 radical (unpaired) electrons. The largest absolute Gasteiger partial charge is 0.506 e. The molecule has 0 aromatic heterocycles. The van der Waals surface area contributed by atoms with Crippen molar-refractivity contribution in [2.75, 3.05) is 11.9 Å². The van der Waals surface area contributed by atoms with E-state index in [-0.39, 0.29) is 16.3 Å². The fraction of sp³-hybridized carbons (Fsp3) is 0.0556. The Labute approximate surface area is 152 Å². The number of hydrogen-bond acceptors (Lipinski definition) is 5. The maximum absolute atomic E-state index is 12.9. The van der Waals surface area contributed by atoms with Crippen molar-refractivity contribution < 1.29 is 23.9 Å². The topological polar surface area (TPSA) is 86.7 Å². The lowest BCUT2D eigenvalue weighted by Crippen LogP contribution is -2.36. The highest BCUT2D eigenvalue weighted by atomic mass is 32.2. The van der Waals surface area contributed by atoms with E-state index in [1.165, 1.54) is 42.5 Å². The van der Waals surface area contributed by atoms with E-state index in [2.05, 4.69) is 5.32 Å². The van der Waals surface area contributed by atoms with Crippen molar-refractivity contribution in [3.63, 3.8) is 0 Å². The lowest BCUT2D eigenvalue weighted by atomic mass is 10.2. The molecule has 132 valence electrons. The molecule has 0 aliphatic carbocycles. The van der Waals surface area contributed by atoms with Crippen molar-refractivity contribution in [1.29, 1.82) is 0 Å². The number of nitrogens with one attached hydrogen (secondary N) is 1. The molecule has 0 unspecified atom stereocenters. The Morgan fingerprint density at radius 2 is 1.85 bits per heavy atom. The van der Waals surface area contributed by atoms with Crippen molar-refractivity contribution >= 4 is 40.6 Å². The summed E-state index contributed by atoms with van der Waals surface area (Å²) in [5, 5.41) is 11.5. The molecule has 3 amide bonds. The Balaban J connectivity index is 1.70. The second-order valence-corrected chi connectivity index (χ2v) is 6.38. The number of benzene rings is 2. The standard InChI is InChI=1S/C18H13FN2O4S/c19-12-7-5-11(6-8-12)9-15-17(24)21(18(25)26-15)10-16(23)20-13-3-1-2-4-14(13)22/h1-9,22H,10H2,(H,20,23)/b15-9-. The second-order valence-electron chi connectivity index (χ2n) is 5.38. The molecule has 1 saturated heterocycles. The third-order valence-corrected chi connectivity index (χ3v) is 4.43. The highest BCUT2D eigenvalue weighted by molar-refractivity contribution is 8.18. The maximum atomic E-state index is 12.9. The van der Waals surface area contributed by atoms with E-state index >= 15 is 0 Å². The number of phenolic OH excluding ortho intramolecular Hbond substituents is 1. The van der Waals surface area contributed by atoms with Crippen LogP contribution in [-0.4, -0.2) is 33.6 Å². The molecule has 1 heterocycles. The van der Waals surface area contributed by atoms with E-state index in [0.29, 0.717) is 17.3 Å². The van der Waals surface area contributed by atoms with Crippen LogP contribution in [0.25, 0.3) is 6.08 Å². The normalized spacial score (nSPS) is 15.6. The monoisotopic (exact) mass is 372 g/mol. The van der Waals surface area contributed by atoms with Crippen LogP contribution in [0.5, 0.6) is 5.75 Å². The second kappa shape index (κ2) is 7.40. The van der Waals surface area contributed by atoms with Gasteiger partial charge in [-0.2, -0.15) is 0 Å². The van der Waals surface area contributed by atoms with Gasteiger partial charge in [-0.1, -0.05) is 24.3 Å². The van der Waals surface area contributed by atoms with Gasteiger partial charge in [-0.05, 0) is 47.7 Å². The summed E-state index contributed by atoms with van der Waals surface area (Å²) >= 11 is 0.708. The van der Waals surface area contributed by atoms with Crippen LogP contribution in [0.4, 0.5) is 14.9 Å². The van der Waals surface area contributed by atoms with Crippen molar-refractivity contribution in [3.8, 4) is 5.75 Å². The molecule has 6 nitrogen and oxygen atoms in total. The van der Waals surface area contributed by atoms with Gasteiger partial charge >= 0.3 is 0 Å². The minimum Gasteiger partial charge on any atom is -0.506 e. The number of para-hydroxylation sites is 2. The number of nitrogens with zero attached hydrogens (tertiary/aromatic N) is 1. The van der Waals surface area contributed by atoms with Gasteiger partial charge in [0.1, 0.15) is 18.1 Å². The average molecular weight is 372 g/mol. The molecule has 8 heteroatoms. The summed E-state index contributed by atoms with van der Waals surface area (Å²) in [7, 11) is 0. The Morgan fingerprint density at radius 3 is 2.54 bits per heavy atom. The Morgan fingerprint density at radius 1 is 1.15 bits per heavy atom. The molecule has 0 atom stereocenters. The van der Waals surface area contributed by atoms with E-state index in [1.54, 1.807) is 12.1 Å². The van der Waals surface area contributed by atoms with Crippen LogP contribution in [0.1, 0.15) is 5.56 Å². The lowest BCUT2D eigenvalue weighted by molar-refractivity contribution is -0.127. The summed E-state index contributed by atoms with van der Waals surface area (Å²) in [6.07, 6.45) is 1.46. The third-order valence-electron chi connectivity index (χ3n) is 3.52. The molecule has 2 aromatic rings. The molecule has 26 heavy (non-hydrogen) atoms. The number of halogens is 1. The fourth-order valence-electron chi connectivity index (χ4n) is 2.26. The van der Waals surface area contributed by atoms with E-state index in [4.69, 9.17) is 0 Å². The number of carbonyl (C=O) groups is 3. The number of carbonyl (C=O) groups excluding carboxylic acids is 3. The van der Waals surface area contributed by atoms with Crippen LogP contribution >= 0.6 is 11.8 Å². The lowest BCUT2D eigenvalue weighted by Gasteiger charge is -2.13. The number of aromatic hydroxyl groups is 1. The van der Waals surface area contributed by atoms with Gasteiger partial charge < -0.3 is 10.4 Å². The summed E-state index contributed by atoms with van der Waals surface area (Å²) in [4.78, 5) is 37.4. The smallest absolute Gasteiger partial charge is 0.294 e. The van der Waals surface area contributed by atoms with Crippen LogP contribution in [0.2, 0.25) is 0 Å². The predicted octanol–water partition coefficient (Wildman–Crippen LogP) is 3.21. The van der Waals surface area contributed by atoms with Gasteiger partial charge in [-0.25, -0.2) is 4.39 Å². The fourth-order valence-corrected chi connectivity index (χ4v) is 3.10. The van der Waals surface area contributed by atoms with Crippen molar-refractivity contribution in [2.45, 2.75) is 0 Å². The van der Waals surface area contributed by atoms with Crippen LogP contribution in [0.3, 0.4) is 0 Å². The van der Waals surface area contributed by atoms with Gasteiger partial charge in [-0.3, -0.25) is 19.3 Å². The summed E-state index contributed by atoms with van der Waals surface area (Å²) in [5.41, 5.74) is 0.752. The first-order valence-electron chi connectivity index (χ1n) is 7.53. The highest BCUT2D eigenvalue weighted by Gasteiger charge is 2.36. The third kappa shape index (κ3) is 3.92. The molecular weight excluding hydrogens is 359 g/mol. The summed E-state index contributed by atoms with van der Waals surface area (Å²) < 4.78 is 12.9. The zero-order chi connectivity index (χ0) is 18.7. The van der Waals surface area contributed by atoms with Crippen LogP contribution in [0.15, 0.2) is 53.4 Å².